The van der Waals surface area contributed by atoms with Crippen molar-refractivity contribution in [3.63, 3.8) is 0 Å². The van der Waals surface area contributed by atoms with Gasteiger partial charge in [-0.25, -0.2) is 4.98 Å². The van der Waals surface area contributed by atoms with Crippen LogP contribution in [0.2, 0.25) is 0 Å². The molecule has 3 heterocycles. The molecule has 5 nitrogen and oxygen atoms in total. The van der Waals surface area contributed by atoms with Gasteiger partial charge in [0.1, 0.15) is 16.9 Å². The maximum Gasteiger partial charge on any atom is 0.269 e. The molecule has 37 heavy (non-hydrogen) atoms. The number of phenols is 1. The Morgan fingerprint density at radius 1 is 0.649 bits per heavy atom. The molecule has 0 bridgehead atoms. The van der Waals surface area contributed by atoms with Gasteiger partial charge in [0.25, 0.3) is 6.33 Å². The lowest BCUT2D eigenvalue weighted by Crippen LogP contribution is -2.29. The summed E-state index contributed by atoms with van der Waals surface area (Å²) in [4.78, 5) is 5.17. The van der Waals surface area contributed by atoms with Gasteiger partial charge in [-0.3, -0.25) is 13.5 Å². The van der Waals surface area contributed by atoms with E-state index in [1.54, 1.807) is 6.07 Å². The summed E-state index contributed by atoms with van der Waals surface area (Å²) in [5.41, 5.74) is 7.68. The Bertz CT molecular complexity index is 2160. The minimum Gasteiger partial charge on any atom is -0.507 e. The minimum atomic E-state index is 0.227. The summed E-state index contributed by atoms with van der Waals surface area (Å²) in [7, 11) is 0. The van der Waals surface area contributed by atoms with E-state index >= 15 is 0 Å². The van der Waals surface area contributed by atoms with Gasteiger partial charge in [-0.15, -0.1) is 0 Å². The highest BCUT2D eigenvalue weighted by Crippen LogP contribution is 2.37. The molecule has 0 saturated carbocycles. The van der Waals surface area contributed by atoms with Crippen molar-refractivity contribution in [3.05, 3.63) is 122 Å². The van der Waals surface area contributed by atoms with Gasteiger partial charge in [-0.1, -0.05) is 78.9 Å². The van der Waals surface area contributed by atoms with Crippen LogP contribution in [0.4, 0.5) is 0 Å². The van der Waals surface area contributed by atoms with Gasteiger partial charge in [0, 0.05) is 5.39 Å². The fourth-order valence-corrected chi connectivity index (χ4v) is 5.58. The molecule has 0 fully saturated rings. The van der Waals surface area contributed by atoms with E-state index in [4.69, 9.17) is 4.98 Å². The zero-order valence-electron chi connectivity index (χ0n) is 19.7. The average Bonchev–Trinajstić information content (AvgIpc) is 3.53. The number of benzene rings is 5. The van der Waals surface area contributed by atoms with Gasteiger partial charge < -0.3 is 5.11 Å². The first-order chi connectivity index (χ1) is 18.3. The van der Waals surface area contributed by atoms with Crippen LogP contribution in [0.25, 0.3) is 60.8 Å². The van der Waals surface area contributed by atoms with E-state index in [-0.39, 0.29) is 5.75 Å². The van der Waals surface area contributed by atoms with Crippen LogP contribution >= 0.6 is 0 Å². The number of imidazole rings is 2. The molecule has 0 amide bonds. The molecule has 0 spiro atoms. The fraction of sp³-hybridized carbons (Fsp3) is 0. The maximum atomic E-state index is 10.9. The van der Waals surface area contributed by atoms with Crippen molar-refractivity contribution >= 4 is 49.4 Å². The largest absolute Gasteiger partial charge is 0.507 e. The molecule has 5 heteroatoms. The number of para-hydroxylation sites is 5. The molecule has 1 N–H and O–H groups in total. The summed E-state index contributed by atoms with van der Waals surface area (Å²) >= 11 is 0. The first-order valence-corrected chi connectivity index (χ1v) is 12.2. The third kappa shape index (κ3) is 2.74. The van der Waals surface area contributed by atoms with E-state index < -0.39 is 0 Å². The van der Waals surface area contributed by atoms with Crippen LogP contribution in [-0.2, 0) is 0 Å². The molecular weight excluding hydrogens is 456 g/mol. The molecule has 5 aromatic carbocycles. The number of rotatable bonds is 2. The molecule has 174 valence electrons. The third-order valence-electron chi connectivity index (χ3n) is 7.18. The molecule has 3 aromatic heterocycles. The first kappa shape index (κ1) is 20.1. The summed E-state index contributed by atoms with van der Waals surface area (Å²) < 4.78 is 6.33. The predicted molar refractivity (Wildman–Crippen MR) is 147 cm³/mol. The van der Waals surface area contributed by atoms with Crippen LogP contribution in [0, 0.1) is 6.33 Å². The summed E-state index contributed by atoms with van der Waals surface area (Å²) in [6, 6.07) is 38.8. The summed E-state index contributed by atoms with van der Waals surface area (Å²) in [5, 5.41) is 13.8. The zero-order valence-corrected chi connectivity index (χ0v) is 19.7. The van der Waals surface area contributed by atoms with Crippen molar-refractivity contribution < 1.29 is 9.67 Å². The molecule has 0 saturated heterocycles. The summed E-state index contributed by atoms with van der Waals surface area (Å²) in [6.07, 6.45) is 3.58. The SMILES string of the molecule is Oc1cccc2c3ccccc3n3c4cccc(-[n+]5[c-]n(-c6ccccc6)c6ccccc65)c4nc3c12. The van der Waals surface area contributed by atoms with Crippen LogP contribution in [0.3, 0.4) is 0 Å². The number of hydrogen-bond acceptors (Lipinski definition) is 2. The second kappa shape index (κ2) is 7.42. The van der Waals surface area contributed by atoms with Crippen molar-refractivity contribution in [1.29, 1.82) is 0 Å². The summed E-state index contributed by atoms with van der Waals surface area (Å²) in [6.45, 7) is 0. The average molecular weight is 477 g/mol. The Morgan fingerprint density at radius 2 is 1.35 bits per heavy atom. The van der Waals surface area contributed by atoms with Crippen molar-refractivity contribution in [2.75, 3.05) is 0 Å². The zero-order chi connectivity index (χ0) is 24.5. The topological polar surface area (TPSA) is 46.3 Å². The molecule has 0 aliphatic heterocycles. The number of nitrogens with zero attached hydrogens (tertiary/aromatic N) is 4. The van der Waals surface area contributed by atoms with Crippen molar-refractivity contribution in [2.45, 2.75) is 0 Å². The second-order valence-corrected chi connectivity index (χ2v) is 9.23. The lowest BCUT2D eigenvalue weighted by Gasteiger charge is -2.10. The number of pyridine rings is 1. The number of fused-ring (bicyclic) bond motifs is 9. The molecule has 0 unspecified atom stereocenters. The molecule has 0 radical (unpaired) electrons. The Labute approximate surface area is 211 Å². The highest BCUT2D eigenvalue weighted by molar-refractivity contribution is 6.16. The van der Waals surface area contributed by atoms with Gasteiger partial charge in [-0.05, 0) is 41.8 Å². The molecular formula is C32H20N4O. The van der Waals surface area contributed by atoms with Crippen LogP contribution in [0.1, 0.15) is 0 Å². The minimum absolute atomic E-state index is 0.227. The number of hydrogen-bond donors (Lipinski definition) is 1. The molecule has 0 aliphatic carbocycles. The third-order valence-corrected chi connectivity index (χ3v) is 7.18. The van der Waals surface area contributed by atoms with Gasteiger partial charge in [0.2, 0.25) is 0 Å². The normalized spacial score (nSPS) is 11.9. The number of aromatic hydroxyl groups is 1. The molecule has 8 aromatic rings. The van der Waals surface area contributed by atoms with Crippen molar-refractivity contribution in [2.24, 2.45) is 0 Å². The monoisotopic (exact) mass is 476 g/mol. The predicted octanol–water partition coefficient (Wildman–Crippen LogP) is 6.52. The van der Waals surface area contributed by atoms with Gasteiger partial charge in [0.05, 0.1) is 38.8 Å². The van der Waals surface area contributed by atoms with Crippen LogP contribution in [-0.4, -0.2) is 19.1 Å². The fourth-order valence-electron chi connectivity index (χ4n) is 5.58. The van der Waals surface area contributed by atoms with E-state index in [1.807, 2.05) is 54.6 Å². The van der Waals surface area contributed by atoms with Gasteiger partial charge in [-0.2, -0.15) is 0 Å². The highest BCUT2D eigenvalue weighted by Gasteiger charge is 2.19. The Balaban J connectivity index is 1.53. The Kier molecular flexibility index (Phi) is 4.03. The summed E-state index contributed by atoms with van der Waals surface area (Å²) in [5.74, 6) is 0.227. The highest BCUT2D eigenvalue weighted by atomic mass is 16.3. The van der Waals surface area contributed by atoms with Crippen molar-refractivity contribution in [3.8, 4) is 17.1 Å². The van der Waals surface area contributed by atoms with Crippen LogP contribution < -0.4 is 4.57 Å². The Hall–Kier alpha value is -5.16. The molecule has 8 rings (SSSR count). The van der Waals surface area contributed by atoms with E-state index in [0.717, 1.165) is 60.8 Å². The van der Waals surface area contributed by atoms with Crippen LogP contribution in [0.15, 0.2) is 115 Å². The van der Waals surface area contributed by atoms with E-state index in [1.165, 1.54) is 0 Å². The van der Waals surface area contributed by atoms with E-state index in [2.05, 4.69) is 74.5 Å². The van der Waals surface area contributed by atoms with E-state index in [0.29, 0.717) is 0 Å². The standard InChI is InChI=1S/C32H20N4O/c37-29-19-8-13-23-22-12-4-5-14-24(22)36-28-18-9-17-27(31(28)33-32(36)30(23)29)35-20-34(21-10-2-1-3-11-21)25-15-6-7-16-26(25)35/h1-19,37H. The first-order valence-electron chi connectivity index (χ1n) is 12.2. The van der Waals surface area contributed by atoms with Crippen molar-refractivity contribution in [1.82, 2.24) is 14.0 Å². The lowest BCUT2D eigenvalue weighted by molar-refractivity contribution is -0.571. The van der Waals surface area contributed by atoms with Gasteiger partial charge >= 0.3 is 0 Å². The molecule has 0 atom stereocenters. The number of aromatic nitrogens is 4. The van der Waals surface area contributed by atoms with Crippen LogP contribution in [0.5, 0.6) is 5.75 Å². The lowest BCUT2D eigenvalue weighted by atomic mass is 10.1. The maximum absolute atomic E-state index is 10.9. The van der Waals surface area contributed by atoms with E-state index in [9.17, 15) is 5.11 Å². The quantitative estimate of drug-likeness (QED) is 0.175. The smallest absolute Gasteiger partial charge is 0.269 e. The van der Waals surface area contributed by atoms with Gasteiger partial charge in [0.15, 0.2) is 0 Å². The molecule has 0 aliphatic rings. The number of phenolic OH excluding ortho intramolecular Hbond substituents is 1. The second-order valence-electron chi connectivity index (χ2n) is 9.23. The Morgan fingerprint density at radius 3 is 2.24 bits per heavy atom.